The average molecular weight is 373 g/mol. The van der Waals surface area contributed by atoms with Crippen molar-refractivity contribution in [2.45, 2.75) is 19.9 Å². The predicted molar refractivity (Wildman–Crippen MR) is 115 cm³/mol. The van der Waals surface area contributed by atoms with E-state index < -0.39 is 0 Å². The summed E-state index contributed by atoms with van der Waals surface area (Å²) in [6, 6.07) is 16.3. The van der Waals surface area contributed by atoms with E-state index in [9.17, 15) is 0 Å². The van der Waals surface area contributed by atoms with Crippen LogP contribution in [0.15, 0.2) is 53.6 Å². The Morgan fingerprint density at radius 1 is 1.07 bits per heavy atom. The van der Waals surface area contributed by atoms with Gasteiger partial charge in [0.25, 0.3) is 5.95 Å². The number of benzene rings is 2. The first kappa shape index (κ1) is 17.9. The summed E-state index contributed by atoms with van der Waals surface area (Å²) in [5.41, 5.74) is 7.81. The fourth-order valence-electron chi connectivity index (χ4n) is 3.22. The van der Waals surface area contributed by atoms with Gasteiger partial charge in [-0.05, 0) is 30.2 Å². The van der Waals surface area contributed by atoms with Crippen molar-refractivity contribution in [3.8, 4) is 0 Å². The van der Waals surface area contributed by atoms with Gasteiger partial charge in [-0.3, -0.25) is 0 Å². The predicted octanol–water partition coefficient (Wildman–Crippen LogP) is 3.90. The van der Waals surface area contributed by atoms with Crippen molar-refractivity contribution in [3.05, 3.63) is 54.1 Å². The number of aryl methyl sites for hydroxylation is 1. The standard InChI is InChI=1S/C21H23N7/c1-4-13-28-18-8-6-5-7-17(18)19-20(28)23-21(26-24-19)25-22-14-15-9-11-16(12-10-15)27(2)3/h5-12,14H,4,13H2,1-3H3,(H,23,25,26)/b22-14+. The average Bonchev–Trinajstić information content (AvgIpc) is 3.02. The molecule has 0 atom stereocenters. The van der Waals surface area contributed by atoms with Crippen LogP contribution in [0.3, 0.4) is 0 Å². The lowest BCUT2D eigenvalue weighted by atomic mass is 10.2. The van der Waals surface area contributed by atoms with Crippen molar-refractivity contribution < 1.29 is 0 Å². The fraction of sp³-hybridized carbons (Fsp3) is 0.238. The van der Waals surface area contributed by atoms with Gasteiger partial charge in [-0.1, -0.05) is 37.3 Å². The van der Waals surface area contributed by atoms with E-state index in [2.05, 4.69) is 66.4 Å². The molecule has 2 aromatic heterocycles. The molecule has 2 heterocycles. The van der Waals surface area contributed by atoms with Gasteiger partial charge in [0.1, 0.15) is 5.52 Å². The molecule has 0 aliphatic heterocycles. The minimum Gasteiger partial charge on any atom is -0.378 e. The molecule has 0 radical (unpaired) electrons. The Morgan fingerprint density at radius 2 is 1.86 bits per heavy atom. The van der Waals surface area contributed by atoms with E-state index in [4.69, 9.17) is 0 Å². The lowest BCUT2D eigenvalue weighted by Crippen LogP contribution is -2.08. The highest BCUT2D eigenvalue weighted by Gasteiger charge is 2.13. The van der Waals surface area contributed by atoms with Gasteiger partial charge in [-0.25, -0.2) is 5.43 Å². The summed E-state index contributed by atoms with van der Waals surface area (Å²) in [6.07, 6.45) is 2.76. The Morgan fingerprint density at radius 3 is 2.61 bits per heavy atom. The number of nitrogens with one attached hydrogen (secondary N) is 1. The molecule has 7 nitrogen and oxygen atoms in total. The van der Waals surface area contributed by atoms with Crippen molar-refractivity contribution in [1.29, 1.82) is 0 Å². The van der Waals surface area contributed by atoms with E-state index in [-0.39, 0.29) is 0 Å². The van der Waals surface area contributed by atoms with Gasteiger partial charge in [0.15, 0.2) is 5.65 Å². The zero-order valence-corrected chi connectivity index (χ0v) is 16.3. The highest BCUT2D eigenvalue weighted by atomic mass is 15.4. The fourth-order valence-corrected chi connectivity index (χ4v) is 3.22. The Kier molecular flexibility index (Phi) is 4.89. The number of hydrogen-bond acceptors (Lipinski definition) is 6. The molecule has 4 aromatic rings. The van der Waals surface area contributed by atoms with Crippen LogP contribution in [0.2, 0.25) is 0 Å². The van der Waals surface area contributed by atoms with Gasteiger partial charge in [-0.2, -0.15) is 10.1 Å². The first-order valence-electron chi connectivity index (χ1n) is 9.35. The number of hydrogen-bond donors (Lipinski definition) is 1. The second-order valence-electron chi connectivity index (χ2n) is 6.83. The number of rotatable bonds is 6. The maximum atomic E-state index is 4.66. The van der Waals surface area contributed by atoms with Gasteiger partial charge >= 0.3 is 0 Å². The van der Waals surface area contributed by atoms with E-state index in [0.717, 1.165) is 46.3 Å². The van der Waals surface area contributed by atoms with Gasteiger partial charge < -0.3 is 9.47 Å². The Hall–Kier alpha value is -3.48. The van der Waals surface area contributed by atoms with Crippen LogP contribution < -0.4 is 10.3 Å². The molecular formula is C21H23N7. The third-order valence-electron chi connectivity index (χ3n) is 4.61. The Balaban J connectivity index is 1.61. The SMILES string of the molecule is CCCn1c2ccccc2c2nnc(N/N=C/c3ccc(N(C)C)cc3)nc21. The summed E-state index contributed by atoms with van der Waals surface area (Å²) in [5, 5.41) is 13.9. The highest BCUT2D eigenvalue weighted by Crippen LogP contribution is 2.26. The van der Waals surface area contributed by atoms with Gasteiger partial charge in [0, 0.05) is 31.7 Å². The molecule has 0 unspecified atom stereocenters. The molecule has 0 saturated carbocycles. The molecule has 1 N–H and O–H groups in total. The molecule has 0 amide bonds. The number of nitrogens with zero attached hydrogens (tertiary/aromatic N) is 6. The van der Waals surface area contributed by atoms with Gasteiger partial charge in [0.2, 0.25) is 0 Å². The van der Waals surface area contributed by atoms with Crippen LogP contribution in [0.4, 0.5) is 11.6 Å². The molecule has 0 aliphatic rings. The molecule has 28 heavy (non-hydrogen) atoms. The molecule has 0 saturated heterocycles. The monoisotopic (exact) mass is 373 g/mol. The summed E-state index contributed by atoms with van der Waals surface area (Å²) >= 11 is 0. The van der Waals surface area contributed by atoms with E-state index in [1.54, 1.807) is 6.21 Å². The molecule has 0 bridgehead atoms. The first-order valence-corrected chi connectivity index (χ1v) is 9.35. The van der Waals surface area contributed by atoms with E-state index in [1.165, 1.54) is 0 Å². The molecular weight excluding hydrogens is 350 g/mol. The van der Waals surface area contributed by atoms with Crippen molar-refractivity contribution in [2.75, 3.05) is 24.4 Å². The molecule has 2 aromatic carbocycles. The van der Waals surface area contributed by atoms with E-state index >= 15 is 0 Å². The molecule has 0 spiro atoms. The lowest BCUT2D eigenvalue weighted by Gasteiger charge is -2.11. The summed E-state index contributed by atoms with van der Waals surface area (Å²) in [4.78, 5) is 6.72. The lowest BCUT2D eigenvalue weighted by molar-refractivity contribution is 0.716. The largest absolute Gasteiger partial charge is 0.378 e. The number of fused-ring (bicyclic) bond motifs is 3. The quantitative estimate of drug-likeness (QED) is 0.410. The molecule has 4 rings (SSSR count). The van der Waals surface area contributed by atoms with E-state index in [0.29, 0.717) is 5.95 Å². The van der Waals surface area contributed by atoms with Crippen LogP contribution in [0.1, 0.15) is 18.9 Å². The van der Waals surface area contributed by atoms with Crippen LogP contribution >= 0.6 is 0 Å². The zero-order valence-electron chi connectivity index (χ0n) is 16.3. The highest BCUT2D eigenvalue weighted by molar-refractivity contribution is 6.04. The maximum Gasteiger partial charge on any atom is 0.265 e. The summed E-state index contributed by atoms with van der Waals surface area (Å²) < 4.78 is 2.19. The third-order valence-corrected chi connectivity index (χ3v) is 4.61. The molecule has 7 heteroatoms. The number of aromatic nitrogens is 4. The van der Waals surface area contributed by atoms with Crippen LogP contribution in [-0.2, 0) is 6.54 Å². The molecule has 0 aliphatic carbocycles. The van der Waals surface area contributed by atoms with Crippen molar-refractivity contribution in [2.24, 2.45) is 5.10 Å². The zero-order chi connectivity index (χ0) is 19.5. The van der Waals surface area contributed by atoms with Crippen LogP contribution in [0.5, 0.6) is 0 Å². The van der Waals surface area contributed by atoms with Crippen molar-refractivity contribution in [3.63, 3.8) is 0 Å². The van der Waals surface area contributed by atoms with Crippen molar-refractivity contribution >= 4 is 39.9 Å². The maximum absolute atomic E-state index is 4.66. The Labute approximate surface area is 163 Å². The second kappa shape index (κ2) is 7.64. The summed E-state index contributed by atoms with van der Waals surface area (Å²) in [6.45, 7) is 3.03. The smallest absolute Gasteiger partial charge is 0.265 e. The first-order chi connectivity index (χ1) is 13.7. The van der Waals surface area contributed by atoms with Crippen molar-refractivity contribution in [1.82, 2.24) is 19.7 Å². The van der Waals surface area contributed by atoms with Crippen LogP contribution in [0.25, 0.3) is 22.1 Å². The third kappa shape index (κ3) is 3.38. The van der Waals surface area contributed by atoms with E-state index in [1.807, 2.05) is 38.4 Å². The second-order valence-corrected chi connectivity index (χ2v) is 6.83. The molecule has 0 fully saturated rings. The normalized spacial score (nSPS) is 11.5. The number of hydrazone groups is 1. The summed E-state index contributed by atoms with van der Waals surface area (Å²) in [7, 11) is 4.03. The summed E-state index contributed by atoms with van der Waals surface area (Å²) in [5.74, 6) is 0.383. The van der Waals surface area contributed by atoms with Crippen LogP contribution in [0, 0.1) is 0 Å². The number of anilines is 2. The minimum atomic E-state index is 0.383. The van der Waals surface area contributed by atoms with Crippen LogP contribution in [-0.4, -0.2) is 40.1 Å². The minimum absolute atomic E-state index is 0.383. The van der Waals surface area contributed by atoms with Gasteiger partial charge in [0.05, 0.1) is 11.7 Å². The number of para-hydroxylation sites is 1. The topological polar surface area (TPSA) is 71.2 Å². The van der Waals surface area contributed by atoms with Gasteiger partial charge in [-0.15, -0.1) is 10.2 Å². The Bertz CT molecular complexity index is 1130. The molecule has 142 valence electrons.